The van der Waals surface area contributed by atoms with Crippen molar-refractivity contribution in [1.29, 1.82) is 0 Å². The molecule has 1 rings (SSSR count). The molecule has 0 spiro atoms. The van der Waals surface area contributed by atoms with E-state index in [1.54, 1.807) is 0 Å². The molecule has 10 heteroatoms. The average molecular weight is 257 g/mol. The molecule has 8 nitrogen and oxygen atoms in total. The number of nitrogens with two attached hydrogens (primary N) is 1. The predicted octanol–water partition coefficient (Wildman–Crippen LogP) is -1.62. The number of hydrogen-bond donors (Lipinski definition) is 4. The molecular formula is C6H11FN2O6P+. The summed E-state index contributed by atoms with van der Waals surface area (Å²) in [6.07, 6.45) is -4.19. The van der Waals surface area contributed by atoms with E-state index in [1.807, 2.05) is 0 Å². The molecule has 16 heavy (non-hydrogen) atoms. The maximum atomic E-state index is 13.8. The lowest BCUT2D eigenvalue weighted by Crippen LogP contribution is -2.42. The Bertz CT molecular complexity index is 305. The molecule has 1 heterocycles. The zero-order valence-corrected chi connectivity index (χ0v) is 8.83. The van der Waals surface area contributed by atoms with Crippen molar-refractivity contribution in [3.8, 4) is 0 Å². The highest BCUT2D eigenvalue weighted by atomic mass is 31.1. The zero-order valence-electron chi connectivity index (χ0n) is 7.93. The first-order valence-electron chi connectivity index (χ1n) is 4.16. The molecule has 5 unspecified atom stereocenters. The minimum absolute atomic E-state index is 0.778. The van der Waals surface area contributed by atoms with E-state index in [0.29, 0.717) is 0 Å². The summed E-state index contributed by atoms with van der Waals surface area (Å²) in [7, 11) is -3.03. The Morgan fingerprint density at radius 3 is 2.81 bits per heavy atom. The molecule has 1 saturated heterocycles. The third-order valence-corrected chi connectivity index (χ3v) is 2.33. The number of halogens is 1. The Morgan fingerprint density at radius 1 is 1.69 bits per heavy atom. The summed E-state index contributed by atoms with van der Waals surface area (Å²) in [6.45, 7) is -1.01. The number of aliphatic hydroxyl groups is 2. The molecule has 0 aliphatic carbocycles. The summed E-state index contributed by atoms with van der Waals surface area (Å²) >= 11 is 0. The van der Waals surface area contributed by atoms with Gasteiger partial charge in [-0.1, -0.05) is 0 Å². The fourth-order valence-corrected chi connectivity index (χ4v) is 1.50. The number of nitrogens with zero attached hydrogens (tertiary/aromatic N) is 1. The number of aliphatic hydroxyl groups excluding tert-OH is 2. The van der Waals surface area contributed by atoms with Gasteiger partial charge in [0.05, 0.1) is 6.34 Å². The summed E-state index contributed by atoms with van der Waals surface area (Å²) in [5.74, 6) is -2.80. The number of rotatable bonds is 4. The van der Waals surface area contributed by atoms with Gasteiger partial charge in [0, 0.05) is 4.57 Å². The van der Waals surface area contributed by atoms with Crippen LogP contribution in [0.2, 0.25) is 0 Å². The van der Waals surface area contributed by atoms with Crippen molar-refractivity contribution >= 4 is 14.6 Å². The summed E-state index contributed by atoms with van der Waals surface area (Å²) in [5.41, 5.74) is 4.92. The predicted molar refractivity (Wildman–Crippen MR) is 49.2 cm³/mol. The van der Waals surface area contributed by atoms with Gasteiger partial charge < -0.3 is 20.7 Å². The Hall–Kier alpha value is -0.700. The van der Waals surface area contributed by atoms with E-state index < -0.39 is 39.2 Å². The Morgan fingerprint density at radius 2 is 2.31 bits per heavy atom. The normalized spacial score (nSPS) is 40.5. The van der Waals surface area contributed by atoms with Gasteiger partial charge in [-0.3, -0.25) is 0 Å². The van der Waals surface area contributed by atoms with Crippen LogP contribution in [0.3, 0.4) is 0 Å². The first kappa shape index (κ1) is 13.4. The van der Waals surface area contributed by atoms with Gasteiger partial charge in [-0.2, -0.15) is 0 Å². The average Bonchev–Trinajstić information content (AvgIpc) is 2.42. The lowest BCUT2D eigenvalue weighted by atomic mass is 10.1. The molecule has 0 radical (unpaired) electrons. The molecule has 92 valence electrons. The fourth-order valence-electron chi connectivity index (χ4n) is 1.22. The van der Waals surface area contributed by atoms with E-state index in [1.165, 1.54) is 0 Å². The first-order valence-corrected chi connectivity index (χ1v) is 5.29. The van der Waals surface area contributed by atoms with E-state index in [0.717, 1.165) is 6.34 Å². The summed E-state index contributed by atoms with van der Waals surface area (Å²) in [5, 5.41) is 18.6. The van der Waals surface area contributed by atoms with Crippen LogP contribution in [-0.2, 0) is 13.8 Å². The molecule has 0 aromatic heterocycles. The topological polar surface area (TPSA) is 135 Å². The molecule has 0 saturated carbocycles. The van der Waals surface area contributed by atoms with Gasteiger partial charge in [-0.15, -0.1) is 9.42 Å². The monoisotopic (exact) mass is 257 g/mol. The van der Waals surface area contributed by atoms with Crippen LogP contribution < -0.4 is 5.73 Å². The van der Waals surface area contributed by atoms with Crippen molar-refractivity contribution < 1.29 is 33.3 Å². The van der Waals surface area contributed by atoms with Crippen molar-refractivity contribution in [1.82, 2.24) is 0 Å². The van der Waals surface area contributed by atoms with Crippen LogP contribution >= 0.6 is 8.25 Å². The highest BCUT2D eigenvalue weighted by molar-refractivity contribution is 7.32. The van der Waals surface area contributed by atoms with Gasteiger partial charge >= 0.3 is 8.25 Å². The molecule has 0 aromatic rings. The van der Waals surface area contributed by atoms with Crippen LogP contribution in [0, 0.1) is 0 Å². The number of aliphatic imine (C=N–C) groups is 1. The van der Waals surface area contributed by atoms with Crippen LogP contribution in [-0.4, -0.2) is 52.3 Å². The van der Waals surface area contributed by atoms with Gasteiger partial charge in [-0.25, -0.2) is 9.38 Å². The summed E-state index contributed by atoms with van der Waals surface area (Å²) < 4.78 is 32.6. The van der Waals surface area contributed by atoms with Crippen LogP contribution in [0.25, 0.3) is 0 Å². The molecule has 0 bridgehead atoms. The third kappa shape index (κ3) is 2.70. The van der Waals surface area contributed by atoms with Gasteiger partial charge in [-0.05, 0) is 0 Å². The minimum Gasteiger partial charge on any atom is -0.390 e. The second kappa shape index (κ2) is 5.09. The van der Waals surface area contributed by atoms with E-state index in [2.05, 4.69) is 14.3 Å². The first-order chi connectivity index (χ1) is 7.40. The van der Waals surface area contributed by atoms with Crippen molar-refractivity contribution in [2.45, 2.75) is 24.3 Å². The maximum absolute atomic E-state index is 13.8. The van der Waals surface area contributed by atoms with Crippen molar-refractivity contribution in [3.63, 3.8) is 0 Å². The Labute approximate surface area is 90.4 Å². The summed E-state index contributed by atoms with van der Waals surface area (Å²) in [6, 6.07) is 0. The van der Waals surface area contributed by atoms with E-state index in [9.17, 15) is 19.2 Å². The van der Waals surface area contributed by atoms with Gasteiger partial charge in [0.1, 0.15) is 12.2 Å². The Kier molecular flexibility index (Phi) is 4.25. The number of hydrogen-bond acceptors (Lipinski definition) is 6. The Balaban J connectivity index is 2.70. The van der Waals surface area contributed by atoms with Gasteiger partial charge in [0.25, 0.3) is 5.85 Å². The highest BCUT2D eigenvalue weighted by Gasteiger charge is 2.56. The van der Waals surface area contributed by atoms with Crippen LogP contribution in [0.4, 0.5) is 4.39 Å². The molecule has 0 aromatic carbocycles. The van der Waals surface area contributed by atoms with E-state index >= 15 is 0 Å². The minimum atomic E-state index is -3.03. The maximum Gasteiger partial charge on any atom is 0.694 e. The van der Waals surface area contributed by atoms with E-state index in [-0.39, 0.29) is 0 Å². The summed E-state index contributed by atoms with van der Waals surface area (Å²) in [4.78, 5) is 11.7. The van der Waals surface area contributed by atoms with Crippen molar-refractivity contribution in [3.05, 3.63) is 0 Å². The van der Waals surface area contributed by atoms with Crippen molar-refractivity contribution in [2.75, 3.05) is 6.61 Å². The van der Waals surface area contributed by atoms with Gasteiger partial charge in [0.2, 0.25) is 0 Å². The quantitative estimate of drug-likeness (QED) is 0.270. The fraction of sp³-hybridized carbons (Fsp3) is 0.833. The third-order valence-electron chi connectivity index (χ3n) is 1.98. The second-order valence-electron chi connectivity index (χ2n) is 3.04. The molecule has 5 atom stereocenters. The zero-order chi connectivity index (χ0) is 12.3. The molecule has 1 fully saturated rings. The molecule has 1 aliphatic heterocycles. The second-order valence-corrected chi connectivity index (χ2v) is 3.77. The number of alkyl halides is 1. The smallest absolute Gasteiger partial charge is 0.390 e. The largest absolute Gasteiger partial charge is 0.694 e. The lowest BCUT2D eigenvalue weighted by Gasteiger charge is -2.18. The molecular weight excluding hydrogens is 246 g/mol. The van der Waals surface area contributed by atoms with Crippen LogP contribution in [0.15, 0.2) is 4.99 Å². The SMILES string of the molecule is NC=NC1OC(F)(CO[P+](=O)O)C(O)C1O. The lowest BCUT2D eigenvalue weighted by molar-refractivity contribution is -0.189. The molecule has 1 aliphatic rings. The highest BCUT2D eigenvalue weighted by Crippen LogP contribution is 2.35. The number of ether oxygens (including phenoxy) is 1. The van der Waals surface area contributed by atoms with Crippen LogP contribution in [0.5, 0.6) is 0 Å². The van der Waals surface area contributed by atoms with E-state index in [4.69, 9.17) is 10.6 Å². The standard InChI is InChI=1S/C6H10FN2O6P/c7-6(1-14-16(12)13)4(11)3(10)5(15-6)9-2-8/h2-5,10-11H,1H2,(H2-,8,9,12,13)/p+1. The molecule has 0 amide bonds. The van der Waals surface area contributed by atoms with Gasteiger partial charge in [0.15, 0.2) is 12.8 Å². The van der Waals surface area contributed by atoms with Crippen LogP contribution in [0.1, 0.15) is 0 Å². The van der Waals surface area contributed by atoms with Crippen molar-refractivity contribution in [2.24, 2.45) is 10.7 Å². The molecule has 5 N–H and O–H groups in total.